The number of hydrogen-bond acceptors (Lipinski definition) is 5. The number of carbonyl (C=O) groups excluding carboxylic acids is 2. The molecule has 1 aromatic carbocycles. The molecule has 2 fully saturated rings. The minimum Gasteiger partial charge on any atom is -0.493 e. The number of methoxy groups -OCH3 is 1. The largest absolute Gasteiger partial charge is 0.493 e. The van der Waals surface area contributed by atoms with Crippen molar-refractivity contribution in [2.24, 2.45) is 0 Å². The van der Waals surface area contributed by atoms with Crippen molar-refractivity contribution in [2.45, 2.75) is 25.5 Å². The minimum atomic E-state index is -2.94. The Morgan fingerprint density at radius 3 is 2.55 bits per heavy atom. The van der Waals surface area contributed by atoms with Crippen molar-refractivity contribution in [1.29, 1.82) is 0 Å². The van der Waals surface area contributed by atoms with E-state index in [2.05, 4.69) is 10.1 Å². The zero-order chi connectivity index (χ0) is 20.8. The SMILES string of the molecule is COc1cc(/C=C/C(=O)N2CCN(CC(=O)NC3CC3)CC2)ccc1OC(F)F. The van der Waals surface area contributed by atoms with Gasteiger partial charge >= 0.3 is 6.61 Å². The van der Waals surface area contributed by atoms with Crippen LogP contribution in [0.4, 0.5) is 8.78 Å². The highest BCUT2D eigenvalue weighted by Gasteiger charge is 2.25. The lowest BCUT2D eigenvalue weighted by molar-refractivity contribution is -0.128. The second-order valence-electron chi connectivity index (χ2n) is 7.07. The lowest BCUT2D eigenvalue weighted by Crippen LogP contribution is -2.51. The minimum absolute atomic E-state index is 0.0420. The van der Waals surface area contributed by atoms with Gasteiger partial charge in [0.05, 0.1) is 13.7 Å². The third-order valence-corrected chi connectivity index (χ3v) is 4.82. The molecule has 1 aliphatic carbocycles. The van der Waals surface area contributed by atoms with Gasteiger partial charge in [-0.15, -0.1) is 0 Å². The van der Waals surface area contributed by atoms with E-state index in [0.717, 1.165) is 12.8 Å². The first-order chi connectivity index (χ1) is 13.9. The normalized spacial score (nSPS) is 17.6. The van der Waals surface area contributed by atoms with Crippen LogP contribution >= 0.6 is 0 Å². The zero-order valence-electron chi connectivity index (χ0n) is 16.3. The standard InChI is InChI=1S/C20H25F2N3O4/c1-28-17-12-14(2-6-16(17)29-20(21)22)3-7-19(27)25-10-8-24(9-11-25)13-18(26)23-15-4-5-15/h2-3,6-7,12,15,20H,4-5,8-11,13H2,1H3,(H,23,26)/b7-3+. The second-order valence-corrected chi connectivity index (χ2v) is 7.07. The fourth-order valence-corrected chi connectivity index (χ4v) is 3.08. The molecule has 0 aromatic heterocycles. The van der Waals surface area contributed by atoms with Gasteiger partial charge in [-0.2, -0.15) is 8.78 Å². The number of rotatable bonds is 8. The Hall–Kier alpha value is -2.68. The van der Waals surface area contributed by atoms with Gasteiger partial charge in [-0.05, 0) is 36.6 Å². The maximum Gasteiger partial charge on any atom is 0.387 e. The summed E-state index contributed by atoms with van der Waals surface area (Å²) in [6.45, 7) is -0.197. The number of carbonyl (C=O) groups is 2. The molecule has 158 valence electrons. The molecule has 0 unspecified atom stereocenters. The third kappa shape index (κ3) is 6.42. The van der Waals surface area contributed by atoms with Crippen molar-refractivity contribution in [1.82, 2.24) is 15.1 Å². The van der Waals surface area contributed by atoms with E-state index in [0.29, 0.717) is 44.3 Å². The number of nitrogens with one attached hydrogen (secondary N) is 1. The summed E-state index contributed by atoms with van der Waals surface area (Å²) in [5.74, 6) is 0.00477. The van der Waals surface area contributed by atoms with Crippen molar-refractivity contribution in [2.75, 3.05) is 39.8 Å². The quantitative estimate of drug-likeness (QED) is 0.663. The van der Waals surface area contributed by atoms with Crippen molar-refractivity contribution in [3.8, 4) is 11.5 Å². The highest BCUT2D eigenvalue weighted by atomic mass is 19.3. The van der Waals surface area contributed by atoms with E-state index in [9.17, 15) is 18.4 Å². The van der Waals surface area contributed by atoms with Crippen LogP contribution in [-0.4, -0.2) is 74.1 Å². The van der Waals surface area contributed by atoms with Crippen LogP contribution in [0.1, 0.15) is 18.4 Å². The first kappa shape index (κ1) is 21.0. The smallest absolute Gasteiger partial charge is 0.387 e. The van der Waals surface area contributed by atoms with Gasteiger partial charge in [-0.3, -0.25) is 14.5 Å². The second kappa shape index (κ2) is 9.69. The average Bonchev–Trinajstić information content (AvgIpc) is 3.50. The van der Waals surface area contributed by atoms with Gasteiger partial charge in [0, 0.05) is 38.3 Å². The van der Waals surface area contributed by atoms with E-state index in [1.54, 1.807) is 17.0 Å². The monoisotopic (exact) mass is 409 g/mol. The number of amides is 2. The molecular formula is C20H25F2N3O4. The summed E-state index contributed by atoms with van der Waals surface area (Å²) in [5.41, 5.74) is 0.632. The van der Waals surface area contributed by atoms with Gasteiger partial charge < -0.3 is 19.7 Å². The van der Waals surface area contributed by atoms with Gasteiger partial charge in [0.15, 0.2) is 11.5 Å². The summed E-state index contributed by atoms with van der Waals surface area (Å²) in [6.07, 6.45) is 5.17. The first-order valence-electron chi connectivity index (χ1n) is 9.56. The maximum absolute atomic E-state index is 12.4. The molecule has 29 heavy (non-hydrogen) atoms. The van der Waals surface area contributed by atoms with Crippen LogP contribution in [0.25, 0.3) is 6.08 Å². The molecule has 0 radical (unpaired) electrons. The van der Waals surface area contributed by atoms with Crippen molar-refractivity contribution < 1.29 is 27.8 Å². The third-order valence-electron chi connectivity index (χ3n) is 4.82. The summed E-state index contributed by atoms with van der Waals surface area (Å²) in [7, 11) is 1.36. The van der Waals surface area contributed by atoms with Gasteiger partial charge in [0.25, 0.3) is 0 Å². The van der Waals surface area contributed by atoms with E-state index < -0.39 is 6.61 Å². The van der Waals surface area contributed by atoms with E-state index in [-0.39, 0.29) is 23.3 Å². The van der Waals surface area contributed by atoms with Crippen LogP contribution in [-0.2, 0) is 9.59 Å². The van der Waals surface area contributed by atoms with Crippen LogP contribution in [0.2, 0.25) is 0 Å². The molecule has 2 amide bonds. The number of benzene rings is 1. The summed E-state index contributed by atoms with van der Waals surface area (Å²) in [5, 5.41) is 2.96. The highest BCUT2D eigenvalue weighted by Crippen LogP contribution is 2.29. The molecule has 1 aliphatic heterocycles. The summed E-state index contributed by atoms with van der Waals surface area (Å²) < 4.78 is 34.2. The van der Waals surface area contributed by atoms with Crippen LogP contribution in [0.15, 0.2) is 24.3 Å². The van der Waals surface area contributed by atoms with Crippen LogP contribution in [0.3, 0.4) is 0 Å². The van der Waals surface area contributed by atoms with Gasteiger partial charge in [0.1, 0.15) is 0 Å². The molecule has 1 heterocycles. The number of hydrogen-bond donors (Lipinski definition) is 1. The van der Waals surface area contributed by atoms with Crippen molar-refractivity contribution in [3.05, 3.63) is 29.8 Å². The Bertz CT molecular complexity index is 760. The summed E-state index contributed by atoms with van der Waals surface area (Å²) >= 11 is 0. The lowest BCUT2D eigenvalue weighted by Gasteiger charge is -2.33. The Balaban J connectivity index is 1.48. The van der Waals surface area contributed by atoms with E-state index >= 15 is 0 Å². The topological polar surface area (TPSA) is 71.1 Å². The average molecular weight is 409 g/mol. The maximum atomic E-state index is 12.4. The van der Waals surface area contributed by atoms with Gasteiger partial charge in [-0.1, -0.05) is 6.07 Å². The van der Waals surface area contributed by atoms with Crippen molar-refractivity contribution in [3.63, 3.8) is 0 Å². The molecule has 3 rings (SSSR count). The predicted molar refractivity (Wildman–Crippen MR) is 103 cm³/mol. The Morgan fingerprint density at radius 2 is 1.93 bits per heavy atom. The molecule has 0 spiro atoms. The fraction of sp³-hybridized carbons (Fsp3) is 0.500. The molecule has 1 aromatic rings. The predicted octanol–water partition coefficient (Wildman–Crippen LogP) is 1.73. The summed E-state index contributed by atoms with van der Waals surface area (Å²) in [6, 6.07) is 4.82. The molecule has 1 saturated heterocycles. The Kier molecular flexibility index (Phi) is 7.03. The van der Waals surface area contributed by atoms with Crippen LogP contribution < -0.4 is 14.8 Å². The number of halogens is 2. The number of ether oxygens (including phenoxy) is 2. The molecule has 0 atom stereocenters. The number of alkyl halides is 2. The van der Waals surface area contributed by atoms with E-state index in [1.165, 1.54) is 25.3 Å². The molecule has 2 aliphatic rings. The van der Waals surface area contributed by atoms with Gasteiger partial charge in [-0.25, -0.2) is 0 Å². The lowest BCUT2D eigenvalue weighted by atomic mass is 10.2. The molecule has 9 heteroatoms. The fourth-order valence-electron chi connectivity index (χ4n) is 3.08. The van der Waals surface area contributed by atoms with E-state index in [4.69, 9.17) is 4.74 Å². The molecule has 0 bridgehead atoms. The Labute approximate surface area is 168 Å². The van der Waals surface area contributed by atoms with Crippen molar-refractivity contribution >= 4 is 17.9 Å². The molecular weight excluding hydrogens is 384 g/mol. The zero-order valence-corrected chi connectivity index (χ0v) is 16.3. The first-order valence-corrected chi connectivity index (χ1v) is 9.56. The molecule has 1 saturated carbocycles. The van der Waals surface area contributed by atoms with Crippen LogP contribution in [0.5, 0.6) is 11.5 Å². The highest BCUT2D eigenvalue weighted by molar-refractivity contribution is 5.92. The molecule has 1 N–H and O–H groups in total. The van der Waals surface area contributed by atoms with Crippen LogP contribution in [0, 0.1) is 0 Å². The molecule has 7 nitrogen and oxygen atoms in total. The summed E-state index contributed by atoms with van der Waals surface area (Å²) in [4.78, 5) is 28.0. The van der Waals surface area contributed by atoms with Gasteiger partial charge in [0.2, 0.25) is 11.8 Å². The van der Waals surface area contributed by atoms with E-state index in [1.807, 2.05) is 4.90 Å². The number of piperazine rings is 1. The Morgan fingerprint density at radius 1 is 1.21 bits per heavy atom. The number of nitrogens with zero attached hydrogens (tertiary/aromatic N) is 2.